The SMILES string of the molecule is CCc1ccc(/C(O)=C2/C(=O)C(=O)N(c3ccc(OC)cc3)C2c2ccccn2)cc1. The zero-order chi connectivity index (χ0) is 22.0. The Balaban J connectivity index is 1.88. The summed E-state index contributed by atoms with van der Waals surface area (Å²) in [5.74, 6) is -1.05. The monoisotopic (exact) mass is 414 g/mol. The minimum absolute atomic E-state index is 0.0174. The average Bonchev–Trinajstić information content (AvgIpc) is 3.09. The Hall–Kier alpha value is -3.93. The number of carbonyl (C=O) groups is 2. The van der Waals surface area contributed by atoms with Crippen molar-refractivity contribution < 1.29 is 19.4 Å². The van der Waals surface area contributed by atoms with Crippen molar-refractivity contribution in [2.75, 3.05) is 12.0 Å². The van der Waals surface area contributed by atoms with Crippen LogP contribution >= 0.6 is 0 Å². The Morgan fingerprint density at radius 3 is 2.32 bits per heavy atom. The first-order chi connectivity index (χ1) is 15.0. The van der Waals surface area contributed by atoms with E-state index in [-0.39, 0.29) is 11.3 Å². The predicted molar refractivity (Wildman–Crippen MR) is 118 cm³/mol. The van der Waals surface area contributed by atoms with Gasteiger partial charge in [-0.3, -0.25) is 19.5 Å². The molecule has 0 radical (unpaired) electrons. The van der Waals surface area contributed by atoms with Gasteiger partial charge in [0.2, 0.25) is 0 Å². The fourth-order valence-corrected chi connectivity index (χ4v) is 3.71. The van der Waals surface area contributed by atoms with Gasteiger partial charge < -0.3 is 9.84 Å². The lowest BCUT2D eigenvalue weighted by Crippen LogP contribution is -2.29. The first kappa shape index (κ1) is 20.3. The molecule has 6 nitrogen and oxygen atoms in total. The van der Waals surface area contributed by atoms with Crippen molar-refractivity contribution in [2.45, 2.75) is 19.4 Å². The summed E-state index contributed by atoms with van der Waals surface area (Å²) < 4.78 is 5.20. The van der Waals surface area contributed by atoms with Gasteiger partial charge in [-0.05, 0) is 48.4 Å². The van der Waals surface area contributed by atoms with Crippen LogP contribution in [0.25, 0.3) is 5.76 Å². The van der Waals surface area contributed by atoms with E-state index in [0.717, 1.165) is 12.0 Å². The molecule has 4 rings (SSSR count). The second-order valence-corrected chi connectivity index (χ2v) is 7.17. The number of Topliss-reactive ketones (excluding diaryl/α,β-unsaturated/α-hetero) is 1. The Morgan fingerprint density at radius 2 is 1.74 bits per heavy atom. The van der Waals surface area contributed by atoms with Gasteiger partial charge in [0.15, 0.2) is 0 Å². The Kier molecular flexibility index (Phi) is 5.54. The van der Waals surface area contributed by atoms with Crippen LogP contribution < -0.4 is 9.64 Å². The maximum absolute atomic E-state index is 13.1. The number of carbonyl (C=O) groups excluding carboxylic acids is 2. The average molecular weight is 414 g/mol. The molecule has 2 aromatic carbocycles. The molecule has 1 aliphatic heterocycles. The lowest BCUT2D eigenvalue weighted by atomic mass is 9.97. The summed E-state index contributed by atoms with van der Waals surface area (Å²) in [5, 5.41) is 11.1. The van der Waals surface area contributed by atoms with E-state index in [9.17, 15) is 14.7 Å². The first-order valence-electron chi connectivity index (χ1n) is 10.0. The molecule has 0 aliphatic carbocycles. The molecule has 1 atom stereocenters. The van der Waals surface area contributed by atoms with E-state index in [4.69, 9.17) is 4.74 Å². The topological polar surface area (TPSA) is 79.7 Å². The number of aliphatic hydroxyl groups excluding tert-OH is 1. The van der Waals surface area contributed by atoms with Crippen LogP contribution in [0.5, 0.6) is 5.75 Å². The number of amides is 1. The molecule has 3 aromatic rings. The van der Waals surface area contributed by atoms with E-state index < -0.39 is 17.7 Å². The molecule has 1 unspecified atom stereocenters. The Bertz CT molecular complexity index is 1140. The van der Waals surface area contributed by atoms with Gasteiger partial charge in [0.05, 0.1) is 18.4 Å². The number of rotatable bonds is 5. The van der Waals surface area contributed by atoms with Crippen molar-refractivity contribution in [2.24, 2.45) is 0 Å². The van der Waals surface area contributed by atoms with Crippen LogP contribution in [0.15, 0.2) is 78.5 Å². The summed E-state index contributed by atoms with van der Waals surface area (Å²) in [6.07, 6.45) is 2.45. The zero-order valence-corrected chi connectivity index (χ0v) is 17.3. The third-order valence-corrected chi connectivity index (χ3v) is 5.40. The lowest BCUT2D eigenvalue weighted by molar-refractivity contribution is -0.132. The van der Waals surface area contributed by atoms with E-state index >= 15 is 0 Å². The third-order valence-electron chi connectivity index (χ3n) is 5.40. The van der Waals surface area contributed by atoms with Crippen LogP contribution in [0.4, 0.5) is 5.69 Å². The van der Waals surface area contributed by atoms with E-state index in [1.54, 1.807) is 67.9 Å². The number of anilines is 1. The summed E-state index contributed by atoms with van der Waals surface area (Å²) in [4.78, 5) is 31.9. The molecule has 156 valence electrons. The summed E-state index contributed by atoms with van der Waals surface area (Å²) >= 11 is 0. The molecule has 1 fully saturated rings. The number of benzene rings is 2. The molecule has 1 aromatic heterocycles. The van der Waals surface area contributed by atoms with Crippen molar-refractivity contribution >= 4 is 23.1 Å². The highest BCUT2D eigenvalue weighted by Crippen LogP contribution is 2.41. The van der Waals surface area contributed by atoms with Crippen LogP contribution in [-0.4, -0.2) is 28.9 Å². The quantitative estimate of drug-likeness (QED) is 0.383. The molecular weight excluding hydrogens is 392 g/mol. The number of hydrogen-bond acceptors (Lipinski definition) is 5. The van der Waals surface area contributed by atoms with Gasteiger partial charge in [-0.2, -0.15) is 0 Å². The molecule has 2 heterocycles. The number of hydrogen-bond donors (Lipinski definition) is 1. The van der Waals surface area contributed by atoms with Crippen LogP contribution in [0.1, 0.15) is 29.8 Å². The van der Waals surface area contributed by atoms with Gasteiger partial charge in [-0.15, -0.1) is 0 Å². The lowest BCUT2D eigenvalue weighted by Gasteiger charge is -2.24. The number of aromatic nitrogens is 1. The first-order valence-corrected chi connectivity index (χ1v) is 10.0. The minimum Gasteiger partial charge on any atom is -0.507 e. The van der Waals surface area contributed by atoms with E-state index in [0.29, 0.717) is 22.7 Å². The van der Waals surface area contributed by atoms with Gasteiger partial charge in [0.25, 0.3) is 11.7 Å². The van der Waals surface area contributed by atoms with Crippen LogP contribution in [0.3, 0.4) is 0 Å². The maximum Gasteiger partial charge on any atom is 0.300 e. The molecular formula is C25H22N2O4. The minimum atomic E-state index is -0.847. The largest absolute Gasteiger partial charge is 0.507 e. The number of methoxy groups -OCH3 is 1. The van der Waals surface area contributed by atoms with Gasteiger partial charge in [-0.25, -0.2) is 0 Å². The molecule has 1 N–H and O–H groups in total. The number of ether oxygens (including phenoxy) is 1. The summed E-state index contributed by atoms with van der Waals surface area (Å²) in [6.45, 7) is 2.04. The summed E-state index contributed by atoms with van der Waals surface area (Å²) in [7, 11) is 1.55. The fraction of sp³-hybridized carbons (Fsp3) is 0.160. The van der Waals surface area contributed by atoms with Crippen molar-refractivity contribution in [1.82, 2.24) is 4.98 Å². The van der Waals surface area contributed by atoms with Crippen molar-refractivity contribution in [1.29, 1.82) is 0 Å². The molecule has 0 saturated carbocycles. The molecule has 0 bridgehead atoms. The van der Waals surface area contributed by atoms with E-state index in [2.05, 4.69) is 4.98 Å². The third kappa shape index (κ3) is 3.68. The number of pyridine rings is 1. The number of ketones is 1. The Morgan fingerprint density at radius 1 is 1.03 bits per heavy atom. The number of aliphatic hydroxyl groups is 1. The molecule has 1 saturated heterocycles. The normalized spacial score (nSPS) is 17.7. The van der Waals surface area contributed by atoms with Crippen molar-refractivity contribution in [3.05, 3.63) is 95.3 Å². The van der Waals surface area contributed by atoms with Crippen molar-refractivity contribution in [3.8, 4) is 5.75 Å². The van der Waals surface area contributed by atoms with Gasteiger partial charge in [0.1, 0.15) is 17.6 Å². The standard InChI is InChI=1S/C25H22N2O4/c1-3-16-7-9-17(10-8-16)23(28)21-22(20-6-4-5-15-26-20)27(25(30)24(21)29)18-11-13-19(31-2)14-12-18/h4-15,22,28H,3H2,1-2H3/b23-21-. The van der Waals surface area contributed by atoms with Crippen LogP contribution in [0.2, 0.25) is 0 Å². The molecule has 31 heavy (non-hydrogen) atoms. The highest BCUT2D eigenvalue weighted by molar-refractivity contribution is 6.51. The number of aryl methyl sites for hydroxylation is 1. The van der Waals surface area contributed by atoms with Crippen LogP contribution in [0, 0.1) is 0 Å². The van der Waals surface area contributed by atoms with E-state index in [1.165, 1.54) is 4.90 Å². The van der Waals surface area contributed by atoms with Gasteiger partial charge >= 0.3 is 0 Å². The second kappa shape index (κ2) is 8.44. The van der Waals surface area contributed by atoms with Crippen LogP contribution in [-0.2, 0) is 16.0 Å². The molecule has 1 aliphatic rings. The van der Waals surface area contributed by atoms with Gasteiger partial charge in [0, 0.05) is 17.4 Å². The van der Waals surface area contributed by atoms with Crippen molar-refractivity contribution in [3.63, 3.8) is 0 Å². The smallest absolute Gasteiger partial charge is 0.300 e. The van der Waals surface area contributed by atoms with E-state index in [1.807, 2.05) is 19.1 Å². The molecule has 1 amide bonds. The molecule has 6 heteroatoms. The zero-order valence-electron chi connectivity index (χ0n) is 17.3. The number of nitrogens with zero attached hydrogens (tertiary/aromatic N) is 2. The fourth-order valence-electron chi connectivity index (χ4n) is 3.71. The summed E-state index contributed by atoms with van der Waals surface area (Å²) in [6, 6.07) is 18.6. The highest BCUT2D eigenvalue weighted by Gasteiger charge is 2.47. The highest BCUT2D eigenvalue weighted by atomic mass is 16.5. The van der Waals surface area contributed by atoms with Gasteiger partial charge in [-0.1, -0.05) is 37.3 Å². The molecule has 0 spiro atoms. The summed E-state index contributed by atoms with van der Waals surface area (Å²) in [5.41, 5.74) is 2.61. The Labute approximate surface area is 180 Å². The second-order valence-electron chi connectivity index (χ2n) is 7.17. The predicted octanol–water partition coefficient (Wildman–Crippen LogP) is 4.28. The maximum atomic E-state index is 13.1.